The van der Waals surface area contributed by atoms with Gasteiger partial charge in [0.15, 0.2) is 0 Å². The number of nitrogen functional groups attached to an aromatic ring is 1. The fraction of sp³-hybridized carbons (Fsp3) is 0.0714. The molecule has 3 rings (SSSR count). The van der Waals surface area contributed by atoms with Gasteiger partial charge in [0.25, 0.3) is 0 Å². The van der Waals surface area contributed by atoms with E-state index in [2.05, 4.69) is 5.16 Å². The first-order chi connectivity index (χ1) is 9.16. The Morgan fingerprint density at radius 2 is 2.16 bits per heavy atom. The second-order valence-electron chi connectivity index (χ2n) is 4.21. The summed E-state index contributed by atoms with van der Waals surface area (Å²) in [5.41, 5.74) is 9.53. The van der Waals surface area contributed by atoms with Gasteiger partial charge in [-0.05, 0) is 36.1 Å². The van der Waals surface area contributed by atoms with Crippen LogP contribution >= 0.6 is 22.9 Å². The van der Waals surface area contributed by atoms with E-state index in [1.807, 2.05) is 42.6 Å². The molecular formula is C14H11ClN2OS. The minimum Gasteiger partial charge on any atom is -0.367 e. The molecule has 0 aliphatic heterocycles. The van der Waals surface area contributed by atoms with Crippen molar-refractivity contribution in [2.45, 2.75) is 6.92 Å². The van der Waals surface area contributed by atoms with Crippen molar-refractivity contribution in [2.75, 3.05) is 5.73 Å². The van der Waals surface area contributed by atoms with E-state index < -0.39 is 0 Å². The Bertz CT molecular complexity index is 719. The van der Waals surface area contributed by atoms with E-state index in [-0.39, 0.29) is 0 Å². The molecule has 0 atom stereocenters. The molecule has 0 aliphatic rings. The second kappa shape index (κ2) is 4.72. The van der Waals surface area contributed by atoms with Crippen LogP contribution in [0.1, 0.15) is 5.56 Å². The van der Waals surface area contributed by atoms with Crippen molar-refractivity contribution in [1.29, 1.82) is 0 Å². The van der Waals surface area contributed by atoms with Crippen LogP contribution in [0.25, 0.3) is 21.7 Å². The zero-order chi connectivity index (χ0) is 13.4. The van der Waals surface area contributed by atoms with Crippen LogP contribution in [0.15, 0.2) is 40.2 Å². The summed E-state index contributed by atoms with van der Waals surface area (Å²) in [6.07, 6.45) is 0. The first kappa shape index (κ1) is 12.3. The Kier molecular flexibility index (Phi) is 3.05. The molecule has 96 valence electrons. The SMILES string of the molecule is Cc1cc(Cl)ccc1-c1noc(N)c1-c1cccs1. The van der Waals surface area contributed by atoms with Crippen LogP contribution < -0.4 is 5.73 Å². The van der Waals surface area contributed by atoms with Gasteiger partial charge in [-0.1, -0.05) is 28.9 Å². The average Bonchev–Trinajstić information content (AvgIpc) is 2.98. The monoisotopic (exact) mass is 290 g/mol. The highest BCUT2D eigenvalue weighted by Gasteiger charge is 2.19. The molecule has 0 fully saturated rings. The van der Waals surface area contributed by atoms with Gasteiger partial charge >= 0.3 is 0 Å². The van der Waals surface area contributed by atoms with Crippen LogP contribution in [0.4, 0.5) is 5.88 Å². The van der Waals surface area contributed by atoms with Gasteiger partial charge in [-0.2, -0.15) is 0 Å². The summed E-state index contributed by atoms with van der Waals surface area (Å²) in [5, 5.41) is 6.80. The standard InChI is InChI=1S/C14H11ClN2OS/c1-8-7-9(15)4-5-10(8)13-12(14(16)18-17-13)11-3-2-6-19-11/h2-7H,16H2,1H3. The third-order valence-corrected chi connectivity index (χ3v) is 4.05. The highest BCUT2D eigenvalue weighted by molar-refractivity contribution is 7.13. The van der Waals surface area contributed by atoms with Gasteiger partial charge in [0.1, 0.15) is 5.69 Å². The van der Waals surface area contributed by atoms with Gasteiger partial charge in [-0.15, -0.1) is 11.3 Å². The molecule has 0 aliphatic carbocycles. The first-order valence-corrected chi connectivity index (χ1v) is 6.98. The maximum absolute atomic E-state index is 5.98. The van der Waals surface area contributed by atoms with Crippen LogP contribution in [0.3, 0.4) is 0 Å². The number of thiophene rings is 1. The van der Waals surface area contributed by atoms with Crippen LogP contribution in [0.5, 0.6) is 0 Å². The highest BCUT2D eigenvalue weighted by atomic mass is 35.5. The minimum absolute atomic E-state index is 0.340. The topological polar surface area (TPSA) is 52.0 Å². The van der Waals surface area contributed by atoms with Crippen LogP contribution in [0, 0.1) is 6.92 Å². The van der Waals surface area contributed by atoms with Gasteiger partial charge in [-0.25, -0.2) is 0 Å². The second-order valence-corrected chi connectivity index (χ2v) is 5.59. The summed E-state index contributed by atoms with van der Waals surface area (Å²) in [6.45, 7) is 1.99. The number of rotatable bonds is 2. The van der Waals surface area contributed by atoms with Crippen LogP contribution in [0.2, 0.25) is 5.02 Å². The quantitative estimate of drug-likeness (QED) is 0.749. The normalized spacial score (nSPS) is 10.8. The molecule has 0 bridgehead atoms. The van der Waals surface area contributed by atoms with E-state index in [1.54, 1.807) is 11.3 Å². The van der Waals surface area contributed by atoms with E-state index in [1.165, 1.54) is 0 Å². The lowest BCUT2D eigenvalue weighted by Crippen LogP contribution is -1.88. The Labute approximate surface area is 119 Å². The molecule has 0 spiro atoms. The fourth-order valence-electron chi connectivity index (χ4n) is 2.04. The number of nitrogens with two attached hydrogens (primary N) is 1. The number of aryl methyl sites for hydroxylation is 1. The third-order valence-electron chi connectivity index (χ3n) is 2.93. The van der Waals surface area contributed by atoms with Crippen molar-refractivity contribution in [3.8, 4) is 21.7 Å². The number of halogens is 1. The molecule has 0 amide bonds. The molecule has 5 heteroatoms. The van der Waals surface area contributed by atoms with Gasteiger partial charge in [0.2, 0.25) is 5.88 Å². The van der Waals surface area contributed by atoms with E-state index in [0.29, 0.717) is 10.9 Å². The van der Waals surface area contributed by atoms with Crippen LogP contribution in [-0.4, -0.2) is 5.16 Å². The minimum atomic E-state index is 0.340. The van der Waals surface area contributed by atoms with E-state index in [0.717, 1.165) is 27.3 Å². The molecule has 0 saturated carbocycles. The average molecular weight is 291 g/mol. The Balaban J connectivity index is 2.21. The molecule has 19 heavy (non-hydrogen) atoms. The summed E-state index contributed by atoms with van der Waals surface area (Å²) >= 11 is 7.59. The van der Waals surface area contributed by atoms with Crippen molar-refractivity contribution in [2.24, 2.45) is 0 Å². The van der Waals surface area contributed by atoms with E-state index in [4.69, 9.17) is 21.9 Å². The van der Waals surface area contributed by atoms with Gasteiger partial charge < -0.3 is 10.3 Å². The summed E-state index contributed by atoms with van der Waals surface area (Å²) < 4.78 is 5.16. The fourth-order valence-corrected chi connectivity index (χ4v) is 3.04. The molecule has 2 N–H and O–H groups in total. The lowest BCUT2D eigenvalue weighted by atomic mass is 10.0. The maximum atomic E-state index is 5.98. The molecule has 2 heterocycles. The number of benzene rings is 1. The molecule has 0 unspecified atom stereocenters. The number of anilines is 1. The van der Waals surface area contributed by atoms with Crippen molar-refractivity contribution < 1.29 is 4.52 Å². The summed E-state index contributed by atoms with van der Waals surface area (Å²) in [7, 11) is 0. The molecule has 3 aromatic rings. The predicted molar refractivity (Wildman–Crippen MR) is 79.4 cm³/mol. The summed E-state index contributed by atoms with van der Waals surface area (Å²) in [6, 6.07) is 9.66. The van der Waals surface area contributed by atoms with Gasteiger partial charge in [-0.3, -0.25) is 0 Å². The van der Waals surface area contributed by atoms with E-state index >= 15 is 0 Å². The molecule has 0 radical (unpaired) electrons. The number of aromatic nitrogens is 1. The predicted octanol–water partition coefficient (Wildman–Crippen LogP) is 4.61. The molecule has 2 aromatic heterocycles. The smallest absolute Gasteiger partial charge is 0.231 e. The van der Waals surface area contributed by atoms with Crippen molar-refractivity contribution in [3.63, 3.8) is 0 Å². The van der Waals surface area contributed by atoms with Crippen molar-refractivity contribution in [1.82, 2.24) is 5.16 Å². The maximum Gasteiger partial charge on any atom is 0.231 e. The molecule has 0 saturated heterocycles. The Hall–Kier alpha value is -1.78. The zero-order valence-electron chi connectivity index (χ0n) is 10.2. The summed E-state index contributed by atoms with van der Waals surface area (Å²) in [5.74, 6) is 0.340. The molecule has 1 aromatic carbocycles. The Morgan fingerprint density at radius 3 is 2.84 bits per heavy atom. The first-order valence-electron chi connectivity index (χ1n) is 5.72. The number of nitrogens with zero attached hydrogens (tertiary/aromatic N) is 1. The zero-order valence-corrected chi connectivity index (χ0v) is 11.8. The van der Waals surface area contributed by atoms with Crippen LogP contribution in [-0.2, 0) is 0 Å². The number of hydrogen-bond donors (Lipinski definition) is 1. The Morgan fingerprint density at radius 1 is 1.32 bits per heavy atom. The summed E-state index contributed by atoms with van der Waals surface area (Å²) in [4.78, 5) is 1.04. The largest absolute Gasteiger partial charge is 0.367 e. The number of hydrogen-bond acceptors (Lipinski definition) is 4. The molecular weight excluding hydrogens is 280 g/mol. The highest BCUT2D eigenvalue weighted by Crippen LogP contribution is 2.39. The van der Waals surface area contributed by atoms with Crippen molar-refractivity contribution >= 4 is 28.8 Å². The van der Waals surface area contributed by atoms with Crippen molar-refractivity contribution in [3.05, 3.63) is 46.3 Å². The third kappa shape index (κ3) is 2.13. The molecule has 3 nitrogen and oxygen atoms in total. The van der Waals surface area contributed by atoms with Gasteiger partial charge in [0.05, 0.1) is 5.56 Å². The lowest BCUT2D eigenvalue weighted by molar-refractivity contribution is 0.439. The van der Waals surface area contributed by atoms with E-state index in [9.17, 15) is 0 Å². The van der Waals surface area contributed by atoms with Gasteiger partial charge in [0, 0.05) is 15.5 Å². The lowest BCUT2D eigenvalue weighted by Gasteiger charge is -2.04.